The number of halogens is 3. The van der Waals surface area contributed by atoms with Crippen LogP contribution in [-0.4, -0.2) is 15.0 Å². The van der Waals surface area contributed by atoms with Crippen molar-refractivity contribution in [1.29, 1.82) is 0 Å². The largest absolute Gasteiger partial charge is 0.502 e. The summed E-state index contributed by atoms with van der Waals surface area (Å²) < 4.78 is 14.0. The van der Waals surface area contributed by atoms with Crippen molar-refractivity contribution in [2.75, 3.05) is 0 Å². The van der Waals surface area contributed by atoms with E-state index in [9.17, 15) is 19.6 Å². The molecule has 1 aromatic carbocycles. The van der Waals surface area contributed by atoms with Crippen molar-refractivity contribution in [3.63, 3.8) is 0 Å². The number of nitrogens with zero attached hydrogens (tertiary/aromatic N) is 2. The summed E-state index contributed by atoms with van der Waals surface area (Å²) in [4.78, 5) is 13.4. The number of rotatable bonds is 1. The van der Waals surface area contributed by atoms with Gasteiger partial charge in [0.2, 0.25) is 5.75 Å². The molecule has 0 spiro atoms. The molecule has 0 unspecified atom stereocenters. The summed E-state index contributed by atoms with van der Waals surface area (Å²) in [5.74, 6) is -1.74. The molecule has 0 saturated carbocycles. The number of aromatic hydroxyl groups is 1. The van der Waals surface area contributed by atoms with Crippen LogP contribution in [0.15, 0.2) is 16.7 Å². The predicted octanol–water partition coefficient (Wildman–Crippen LogP) is 3.40. The minimum Gasteiger partial charge on any atom is -0.502 e. The lowest BCUT2D eigenvalue weighted by molar-refractivity contribution is -0.386. The van der Waals surface area contributed by atoms with Crippen molar-refractivity contribution < 1.29 is 14.4 Å². The van der Waals surface area contributed by atoms with Crippen LogP contribution >= 0.6 is 27.5 Å². The number of hydrogen-bond donors (Lipinski definition) is 1. The van der Waals surface area contributed by atoms with Crippen molar-refractivity contribution in [1.82, 2.24) is 4.98 Å². The number of benzene rings is 1. The lowest BCUT2D eigenvalue weighted by Crippen LogP contribution is -1.94. The highest BCUT2D eigenvalue weighted by Crippen LogP contribution is 2.39. The van der Waals surface area contributed by atoms with E-state index in [-0.39, 0.29) is 20.4 Å². The van der Waals surface area contributed by atoms with Crippen molar-refractivity contribution in [3.05, 3.63) is 37.7 Å². The fourth-order valence-electron chi connectivity index (χ4n) is 1.36. The van der Waals surface area contributed by atoms with Gasteiger partial charge in [0.05, 0.1) is 20.8 Å². The molecule has 8 heteroatoms. The van der Waals surface area contributed by atoms with E-state index in [4.69, 9.17) is 11.6 Å². The third-order valence-electron chi connectivity index (χ3n) is 2.14. The molecule has 0 fully saturated rings. The van der Waals surface area contributed by atoms with Gasteiger partial charge in [-0.05, 0) is 22.0 Å². The monoisotopic (exact) mass is 320 g/mol. The second-order valence-corrected chi connectivity index (χ2v) is 4.36. The van der Waals surface area contributed by atoms with Gasteiger partial charge < -0.3 is 5.11 Å². The van der Waals surface area contributed by atoms with Crippen LogP contribution in [0.25, 0.3) is 10.9 Å². The summed E-state index contributed by atoms with van der Waals surface area (Å²) in [7, 11) is 0. The first-order valence-electron chi connectivity index (χ1n) is 4.23. The molecular formula is C9H3BrClFN2O3. The summed E-state index contributed by atoms with van der Waals surface area (Å²) in [5, 5.41) is 19.6. The van der Waals surface area contributed by atoms with Gasteiger partial charge in [0.15, 0.2) is 5.82 Å². The Bertz CT molecular complexity index is 650. The number of nitro groups is 1. The van der Waals surface area contributed by atoms with Crippen LogP contribution in [0.5, 0.6) is 5.75 Å². The summed E-state index contributed by atoms with van der Waals surface area (Å²) in [6.07, 6.45) is 0.859. The fraction of sp³-hybridized carbons (Fsp3) is 0. The SMILES string of the molecule is O=[N+]([O-])c1cnc2cc(Br)c(Cl)c(F)c2c1O. The molecule has 88 valence electrons. The molecule has 2 rings (SSSR count). The van der Waals surface area contributed by atoms with Crippen LogP contribution < -0.4 is 0 Å². The Hall–Kier alpha value is -1.47. The van der Waals surface area contributed by atoms with E-state index < -0.39 is 22.2 Å². The smallest absolute Gasteiger partial charge is 0.329 e. The quantitative estimate of drug-likeness (QED) is 0.496. The van der Waals surface area contributed by atoms with Crippen molar-refractivity contribution in [3.8, 4) is 5.75 Å². The topological polar surface area (TPSA) is 76.3 Å². The Labute approximate surface area is 107 Å². The predicted molar refractivity (Wildman–Crippen MR) is 62.7 cm³/mol. The van der Waals surface area contributed by atoms with E-state index in [2.05, 4.69) is 20.9 Å². The number of fused-ring (bicyclic) bond motifs is 1. The molecule has 1 heterocycles. The molecule has 5 nitrogen and oxygen atoms in total. The molecule has 0 aliphatic heterocycles. The Morgan fingerprint density at radius 3 is 2.82 bits per heavy atom. The van der Waals surface area contributed by atoms with Crippen molar-refractivity contribution in [2.24, 2.45) is 0 Å². The lowest BCUT2D eigenvalue weighted by Gasteiger charge is -2.05. The first kappa shape index (κ1) is 12.0. The molecule has 2 aromatic rings. The third kappa shape index (κ3) is 1.81. The molecular weight excluding hydrogens is 318 g/mol. The molecule has 0 aliphatic rings. The second kappa shape index (κ2) is 4.08. The zero-order valence-corrected chi connectivity index (χ0v) is 10.3. The molecule has 0 aliphatic carbocycles. The van der Waals surface area contributed by atoms with E-state index in [1.54, 1.807) is 0 Å². The van der Waals surface area contributed by atoms with E-state index in [0.717, 1.165) is 6.20 Å². The first-order chi connectivity index (χ1) is 7.93. The molecule has 0 radical (unpaired) electrons. The maximum atomic E-state index is 13.8. The van der Waals surface area contributed by atoms with E-state index in [1.807, 2.05) is 0 Å². The van der Waals surface area contributed by atoms with Crippen LogP contribution in [-0.2, 0) is 0 Å². The van der Waals surface area contributed by atoms with Crippen LogP contribution in [0.1, 0.15) is 0 Å². The zero-order chi connectivity index (χ0) is 12.7. The fourth-order valence-corrected chi connectivity index (χ4v) is 1.90. The van der Waals surface area contributed by atoms with E-state index in [0.29, 0.717) is 0 Å². The van der Waals surface area contributed by atoms with Crippen LogP contribution in [0.4, 0.5) is 10.1 Å². The van der Waals surface area contributed by atoms with E-state index in [1.165, 1.54) is 6.07 Å². The molecule has 0 saturated heterocycles. The molecule has 1 aromatic heterocycles. The highest BCUT2D eigenvalue weighted by molar-refractivity contribution is 9.10. The molecule has 1 N–H and O–H groups in total. The Balaban J connectivity index is 2.95. The molecule has 0 atom stereocenters. The normalized spacial score (nSPS) is 10.8. The van der Waals surface area contributed by atoms with E-state index >= 15 is 0 Å². The maximum Gasteiger partial charge on any atom is 0.329 e. The number of hydrogen-bond acceptors (Lipinski definition) is 4. The average molecular weight is 321 g/mol. The minimum atomic E-state index is -0.954. The highest BCUT2D eigenvalue weighted by Gasteiger charge is 2.22. The van der Waals surface area contributed by atoms with Crippen molar-refractivity contribution in [2.45, 2.75) is 0 Å². The molecule has 17 heavy (non-hydrogen) atoms. The Morgan fingerprint density at radius 1 is 1.59 bits per heavy atom. The first-order valence-corrected chi connectivity index (χ1v) is 5.40. The molecule has 0 amide bonds. The van der Waals surface area contributed by atoms with Gasteiger partial charge in [0.1, 0.15) is 6.20 Å². The van der Waals surface area contributed by atoms with Gasteiger partial charge in [-0.15, -0.1) is 0 Å². The number of pyridine rings is 1. The van der Waals surface area contributed by atoms with Gasteiger partial charge in [0.25, 0.3) is 0 Å². The Morgan fingerprint density at radius 2 is 2.24 bits per heavy atom. The summed E-state index contributed by atoms with van der Waals surface area (Å²) in [6, 6.07) is 1.37. The van der Waals surface area contributed by atoms with Gasteiger partial charge in [-0.2, -0.15) is 0 Å². The standard InChI is InChI=1S/C9H3BrClFN2O3/c10-3-1-4-6(8(12)7(3)11)9(15)5(2-13-4)14(16)17/h1-2H,(H,13,15). The van der Waals surface area contributed by atoms with Crippen molar-refractivity contribution >= 4 is 44.1 Å². The van der Waals surface area contributed by atoms with Crippen LogP contribution in [0.2, 0.25) is 5.02 Å². The average Bonchev–Trinajstić information content (AvgIpc) is 2.25. The van der Waals surface area contributed by atoms with Crippen LogP contribution in [0.3, 0.4) is 0 Å². The van der Waals surface area contributed by atoms with Gasteiger partial charge in [-0.3, -0.25) is 10.1 Å². The Kier molecular flexibility index (Phi) is 2.88. The lowest BCUT2D eigenvalue weighted by atomic mass is 10.2. The minimum absolute atomic E-state index is 0.0712. The highest BCUT2D eigenvalue weighted by atomic mass is 79.9. The maximum absolute atomic E-state index is 13.8. The summed E-state index contributed by atoms with van der Waals surface area (Å²) in [5.41, 5.74) is -0.600. The number of aromatic nitrogens is 1. The van der Waals surface area contributed by atoms with Gasteiger partial charge >= 0.3 is 5.69 Å². The molecule has 0 bridgehead atoms. The third-order valence-corrected chi connectivity index (χ3v) is 3.37. The van der Waals surface area contributed by atoms with Gasteiger partial charge in [-0.1, -0.05) is 11.6 Å². The summed E-state index contributed by atoms with van der Waals surface area (Å²) >= 11 is 8.64. The van der Waals surface area contributed by atoms with Gasteiger partial charge in [0, 0.05) is 4.47 Å². The summed E-state index contributed by atoms with van der Waals surface area (Å²) in [6.45, 7) is 0. The zero-order valence-electron chi connectivity index (χ0n) is 7.95. The van der Waals surface area contributed by atoms with Gasteiger partial charge in [-0.25, -0.2) is 9.37 Å². The second-order valence-electron chi connectivity index (χ2n) is 3.13. The van der Waals surface area contributed by atoms with Crippen LogP contribution in [0, 0.1) is 15.9 Å².